The molecule has 0 aliphatic rings. The van der Waals surface area contributed by atoms with E-state index in [2.05, 4.69) is 16.0 Å². The number of nitrogens with zero attached hydrogens (tertiary/aromatic N) is 6. The van der Waals surface area contributed by atoms with Gasteiger partial charge in [0.1, 0.15) is 12.4 Å². The summed E-state index contributed by atoms with van der Waals surface area (Å²) in [5, 5.41) is 10.2. The number of rotatable bonds is 11. The Morgan fingerprint density at radius 2 is 1.90 bits per heavy atom. The SMILES string of the molecule is CCOP(=O)(O)OCn1cc(-c2cccc(C#N)c2)c2cc(-c3cncc(N(C)C(=O)C=CCN(C)C)c3)cnc21. The molecule has 0 spiro atoms. The van der Waals surface area contributed by atoms with Gasteiger partial charge in [0.2, 0.25) is 5.91 Å². The molecule has 41 heavy (non-hydrogen) atoms. The molecule has 3 heterocycles. The number of benzene rings is 1. The average Bonchev–Trinajstić information content (AvgIpc) is 3.33. The summed E-state index contributed by atoms with van der Waals surface area (Å²) >= 11 is 0. The lowest BCUT2D eigenvalue weighted by atomic mass is 10.0. The van der Waals surface area contributed by atoms with E-state index in [9.17, 15) is 19.5 Å². The number of likely N-dealkylation sites (N-methyl/N-ethyl adjacent to an activating group) is 2. The highest BCUT2D eigenvalue weighted by atomic mass is 31.2. The molecule has 212 valence electrons. The van der Waals surface area contributed by atoms with Crippen LogP contribution in [0, 0.1) is 11.3 Å². The van der Waals surface area contributed by atoms with Gasteiger partial charge in [-0.3, -0.25) is 18.8 Å². The molecule has 12 heteroatoms. The Labute approximate surface area is 238 Å². The molecule has 0 saturated carbocycles. The van der Waals surface area contributed by atoms with Crippen LogP contribution in [0.4, 0.5) is 5.69 Å². The lowest BCUT2D eigenvalue weighted by molar-refractivity contribution is -0.113. The van der Waals surface area contributed by atoms with Gasteiger partial charge in [-0.2, -0.15) is 5.26 Å². The molecular formula is C29H31N6O5P. The molecule has 1 amide bonds. The third-order valence-electron chi connectivity index (χ3n) is 6.17. The third-order valence-corrected chi connectivity index (χ3v) is 7.20. The molecule has 3 aromatic heterocycles. The standard InChI is InChI=1S/C29H31N6O5P/c1-5-39-41(37,38)40-20-35-19-27(22-9-6-8-21(12-22)15-30)26-14-24(17-32-29(26)35)23-13-25(18-31-16-23)34(4)28(36)10-7-11-33(2)3/h6-10,12-14,16-19H,5,11,20H2,1-4H3,(H,37,38). The Bertz CT molecular complexity index is 1680. The fourth-order valence-electron chi connectivity index (χ4n) is 4.12. The van der Waals surface area contributed by atoms with Crippen LogP contribution in [0.25, 0.3) is 33.3 Å². The fourth-order valence-corrected chi connectivity index (χ4v) is 4.79. The molecule has 4 aromatic rings. The molecule has 1 aromatic carbocycles. The molecule has 0 aliphatic heterocycles. The van der Waals surface area contributed by atoms with Crippen molar-refractivity contribution >= 4 is 30.5 Å². The van der Waals surface area contributed by atoms with Gasteiger partial charge in [0.15, 0.2) is 0 Å². The molecule has 0 aliphatic carbocycles. The van der Waals surface area contributed by atoms with E-state index >= 15 is 0 Å². The molecule has 0 bridgehead atoms. The molecular weight excluding hydrogens is 543 g/mol. The van der Waals surface area contributed by atoms with Crippen molar-refractivity contribution in [3.05, 3.63) is 78.9 Å². The number of hydrogen-bond donors (Lipinski definition) is 1. The van der Waals surface area contributed by atoms with E-state index in [4.69, 9.17) is 9.05 Å². The van der Waals surface area contributed by atoms with E-state index in [0.717, 1.165) is 27.6 Å². The number of carbonyl (C=O) groups is 1. The van der Waals surface area contributed by atoms with Gasteiger partial charge in [-0.1, -0.05) is 18.2 Å². The Morgan fingerprint density at radius 1 is 1.12 bits per heavy atom. The summed E-state index contributed by atoms with van der Waals surface area (Å²) in [7, 11) is 1.30. The van der Waals surface area contributed by atoms with Crippen molar-refractivity contribution < 1.29 is 23.3 Å². The van der Waals surface area contributed by atoms with Crippen molar-refractivity contribution in [1.29, 1.82) is 5.26 Å². The van der Waals surface area contributed by atoms with Crippen LogP contribution in [-0.4, -0.2) is 64.5 Å². The van der Waals surface area contributed by atoms with Crippen molar-refractivity contribution in [3.63, 3.8) is 0 Å². The molecule has 0 saturated heterocycles. The van der Waals surface area contributed by atoms with Crippen molar-refractivity contribution in [1.82, 2.24) is 19.4 Å². The number of nitriles is 1. The first-order valence-electron chi connectivity index (χ1n) is 12.8. The molecule has 0 fully saturated rings. The molecule has 1 N–H and O–H groups in total. The number of phosphoric ester groups is 1. The van der Waals surface area contributed by atoms with Crippen molar-refractivity contribution in [2.75, 3.05) is 39.2 Å². The van der Waals surface area contributed by atoms with E-state index in [0.29, 0.717) is 23.4 Å². The van der Waals surface area contributed by atoms with Crippen molar-refractivity contribution in [2.45, 2.75) is 13.7 Å². The minimum Gasteiger partial charge on any atom is -0.310 e. The maximum atomic E-state index is 12.7. The second-order valence-corrected chi connectivity index (χ2v) is 10.9. The van der Waals surface area contributed by atoms with Gasteiger partial charge in [-0.25, -0.2) is 9.55 Å². The molecule has 0 radical (unpaired) electrons. The van der Waals surface area contributed by atoms with Gasteiger partial charge in [0, 0.05) is 60.3 Å². The monoisotopic (exact) mass is 574 g/mol. The van der Waals surface area contributed by atoms with Crippen LogP contribution in [0.1, 0.15) is 12.5 Å². The first kappa shape index (κ1) is 29.8. The van der Waals surface area contributed by atoms with Crippen LogP contribution in [0.2, 0.25) is 0 Å². The summed E-state index contributed by atoms with van der Waals surface area (Å²) in [5.41, 5.74) is 4.62. The number of amides is 1. The Balaban J connectivity index is 1.74. The van der Waals surface area contributed by atoms with E-state index < -0.39 is 7.82 Å². The summed E-state index contributed by atoms with van der Waals surface area (Å²) in [6, 6.07) is 13.1. The van der Waals surface area contributed by atoms with Crippen LogP contribution in [0.5, 0.6) is 0 Å². The zero-order chi connectivity index (χ0) is 29.6. The van der Waals surface area contributed by atoms with Gasteiger partial charge in [-0.15, -0.1) is 0 Å². The Morgan fingerprint density at radius 3 is 2.63 bits per heavy atom. The van der Waals surface area contributed by atoms with E-state index in [1.807, 2.05) is 37.2 Å². The summed E-state index contributed by atoms with van der Waals surface area (Å²) in [6.45, 7) is 1.99. The van der Waals surface area contributed by atoms with Gasteiger partial charge in [-0.05, 0) is 50.8 Å². The van der Waals surface area contributed by atoms with Gasteiger partial charge in [0.05, 0.1) is 30.1 Å². The molecule has 1 unspecified atom stereocenters. The van der Waals surface area contributed by atoms with Crippen LogP contribution in [-0.2, 0) is 25.1 Å². The summed E-state index contributed by atoms with van der Waals surface area (Å²) in [6.07, 6.45) is 10.1. The Kier molecular flexibility index (Phi) is 9.45. The summed E-state index contributed by atoms with van der Waals surface area (Å²) in [4.78, 5) is 35.1. The highest BCUT2D eigenvalue weighted by Crippen LogP contribution is 2.44. The first-order chi connectivity index (χ1) is 19.6. The third kappa shape index (κ3) is 7.32. The van der Waals surface area contributed by atoms with Gasteiger partial charge < -0.3 is 19.3 Å². The second kappa shape index (κ2) is 13.0. The van der Waals surface area contributed by atoms with Crippen LogP contribution in [0.15, 0.2) is 73.3 Å². The van der Waals surface area contributed by atoms with Crippen LogP contribution >= 0.6 is 7.82 Å². The summed E-state index contributed by atoms with van der Waals surface area (Å²) < 4.78 is 23.8. The first-order valence-corrected chi connectivity index (χ1v) is 14.3. The highest BCUT2D eigenvalue weighted by Gasteiger charge is 2.22. The van der Waals surface area contributed by atoms with Gasteiger partial charge in [0.25, 0.3) is 0 Å². The summed E-state index contributed by atoms with van der Waals surface area (Å²) in [5.74, 6) is -0.177. The Hall–Kier alpha value is -4.17. The number of carbonyl (C=O) groups excluding carboxylic acids is 1. The predicted molar refractivity (Wildman–Crippen MR) is 157 cm³/mol. The predicted octanol–water partition coefficient (Wildman–Crippen LogP) is 4.83. The maximum absolute atomic E-state index is 12.7. The number of hydrogen-bond acceptors (Lipinski definition) is 8. The number of phosphoric acid groups is 1. The number of pyridine rings is 2. The fraction of sp³-hybridized carbons (Fsp3) is 0.241. The zero-order valence-corrected chi connectivity index (χ0v) is 24.2. The number of fused-ring (bicyclic) bond motifs is 1. The van der Waals surface area contributed by atoms with Crippen molar-refractivity contribution in [3.8, 4) is 28.3 Å². The number of anilines is 1. The van der Waals surface area contributed by atoms with E-state index in [1.165, 1.54) is 11.0 Å². The van der Waals surface area contributed by atoms with Crippen LogP contribution in [0.3, 0.4) is 0 Å². The normalized spacial score (nSPS) is 13.0. The topological polar surface area (TPSA) is 134 Å². The maximum Gasteiger partial charge on any atom is 0.473 e. The lowest BCUT2D eigenvalue weighted by Crippen LogP contribution is -2.24. The zero-order valence-electron chi connectivity index (χ0n) is 23.3. The lowest BCUT2D eigenvalue weighted by Gasteiger charge is -2.16. The second-order valence-electron chi connectivity index (χ2n) is 9.44. The van der Waals surface area contributed by atoms with Crippen molar-refractivity contribution in [2.24, 2.45) is 0 Å². The minimum atomic E-state index is -4.24. The molecule has 1 atom stereocenters. The number of aromatic nitrogens is 3. The van der Waals surface area contributed by atoms with E-state index in [-0.39, 0.29) is 19.2 Å². The largest absolute Gasteiger partial charge is 0.473 e. The highest BCUT2D eigenvalue weighted by molar-refractivity contribution is 7.47. The van der Waals surface area contributed by atoms with Gasteiger partial charge >= 0.3 is 7.82 Å². The quantitative estimate of drug-likeness (QED) is 0.197. The average molecular weight is 575 g/mol. The van der Waals surface area contributed by atoms with Crippen LogP contribution < -0.4 is 4.90 Å². The van der Waals surface area contributed by atoms with E-state index in [1.54, 1.807) is 67.6 Å². The smallest absolute Gasteiger partial charge is 0.310 e. The minimum absolute atomic E-state index is 0.0221. The molecule has 4 rings (SSSR count). The molecule has 11 nitrogen and oxygen atoms in total.